The number of aliphatic carboxylic acids is 1. The van der Waals surface area contributed by atoms with Crippen molar-refractivity contribution < 1.29 is 14.7 Å². The number of halogens is 2. The van der Waals surface area contributed by atoms with Crippen molar-refractivity contribution in [2.75, 3.05) is 0 Å². The topological polar surface area (TPSA) is 79.3 Å². The second-order valence-electron chi connectivity index (χ2n) is 5.69. The predicted molar refractivity (Wildman–Crippen MR) is 106 cm³/mol. The summed E-state index contributed by atoms with van der Waals surface area (Å²) in [7, 11) is 0. The van der Waals surface area contributed by atoms with E-state index in [9.17, 15) is 14.7 Å². The monoisotopic (exact) mass is 420 g/mol. The van der Waals surface area contributed by atoms with Gasteiger partial charge in [0.25, 0.3) is 5.91 Å². The third-order valence-electron chi connectivity index (χ3n) is 3.79. The minimum absolute atomic E-state index is 0.245. The molecule has 3 aromatic rings. The van der Waals surface area contributed by atoms with Gasteiger partial charge < -0.3 is 10.4 Å². The molecule has 0 aliphatic rings. The third kappa shape index (κ3) is 4.86. The normalized spacial score (nSPS) is 11.8. The Morgan fingerprint density at radius 2 is 1.89 bits per heavy atom. The van der Waals surface area contributed by atoms with Gasteiger partial charge in [0, 0.05) is 21.0 Å². The fraction of sp³-hybridized carbons (Fsp3) is 0.105. The number of nitrogens with one attached hydrogen (secondary N) is 1. The molecule has 0 fully saturated rings. The van der Waals surface area contributed by atoms with Crippen molar-refractivity contribution in [3.63, 3.8) is 0 Å². The largest absolute Gasteiger partial charge is 0.481 e. The molecule has 1 aromatic heterocycles. The first-order valence-corrected chi connectivity index (χ1v) is 9.56. The van der Waals surface area contributed by atoms with Crippen molar-refractivity contribution >= 4 is 46.4 Å². The van der Waals surface area contributed by atoms with Crippen LogP contribution < -0.4 is 5.32 Å². The smallest absolute Gasteiger partial charge is 0.305 e. The molecule has 0 radical (unpaired) electrons. The van der Waals surface area contributed by atoms with E-state index in [0.29, 0.717) is 16.3 Å². The quantitative estimate of drug-likeness (QED) is 0.583. The molecule has 0 spiro atoms. The number of amides is 1. The van der Waals surface area contributed by atoms with Crippen LogP contribution >= 0.6 is 34.5 Å². The number of rotatable bonds is 6. The highest BCUT2D eigenvalue weighted by Gasteiger charge is 2.23. The molecule has 8 heteroatoms. The maximum Gasteiger partial charge on any atom is 0.305 e. The summed E-state index contributed by atoms with van der Waals surface area (Å²) in [4.78, 5) is 28.2. The van der Waals surface area contributed by atoms with E-state index >= 15 is 0 Å². The van der Waals surface area contributed by atoms with Crippen LogP contribution in [-0.4, -0.2) is 22.0 Å². The van der Waals surface area contributed by atoms with E-state index in [0.717, 1.165) is 5.56 Å². The van der Waals surface area contributed by atoms with E-state index in [2.05, 4.69) is 10.3 Å². The molecule has 0 bridgehead atoms. The van der Waals surface area contributed by atoms with Crippen molar-refractivity contribution in [3.05, 3.63) is 74.5 Å². The van der Waals surface area contributed by atoms with E-state index in [4.69, 9.17) is 23.2 Å². The van der Waals surface area contributed by atoms with Crippen molar-refractivity contribution in [2.24, 2.45) is 0 Å². The second-order valence-corrected chi connectivity index (χ2v) is 7.40. The lowest BCUT2D eigenvalue weighted by molar-refractivity contribution is -0.137. The minimum atomic E-state index is -1.06. The van der Waals surface area contributed by atoms with Gasteiger partial charge in [0.2, 0.25) is 0 Å². The van der Waals surface area contributed by atoms with Crippen molar-refractivity contribution in [2.45, 2.75) is 12.5 Å². The summed E-state index contributed by atoms with van der Waals surface area (Å²) in [6.45, 7) is 0. The Bertz CT molecular complexity index is 976. The van der Waals surface area contributed by atoms with Crippen LogP contribution in [0.5, 0.6) is 0 Å². The van der Waals surface area contributed by atoms with Gasteiger partial charge in [-0.3, -0.25) is 9.59 Å². The molecule has 1 amide bonds. The van der Waals surface area contributed by atoms with Gasteiger partial charge in [-0.15, -0.1) is 11.3 Å². The average molecular weight is 421 g/mol. The summed E-state index contributed by atoms with van der Waals surface area (Å²) >= 11 is 13.3. The lowest BCUT2D eigenvalue weighted by Crippen LogP contribution is -2.30. The lowest BCUT2D eigenvalue weighted by Gasteiger charge is -2.18. The molecular formula is C19H14Cl2N2O3S. The summed E-state index contributed by atoms with van der Waals surface area (Å²) in [6.07, 6.45) is -0.315. The van der Waals surface area contributed by atoms with Crippen LogP contribution in [-0.2, 0) is 4.79 Å². The summed E-state index contributed by atoms with van der Waals surface area (Å²) < 4.78 is 0. The molecule has 2 aromatic carbocycles. The van der Waals surface area contributed by atoms with Gasteiger partial charge in [-0.05, 0) is 17.7 Å². The van der Waals surface area contributed by atoms with E-state index in [1.54, 1.807) is 17.5 Å². The Labute approximate surface area is 169 Å². The highest BCUT2D eigenvalue weighted by atomic mass is 35.5. The van der Waals surface area contributed by atoms with Crippen molar-refractivity contribution in [1.82, 2.24) is 10.3 Å². The number of nitrogens with zero attached hydrogens (tertiary/aromatic N) is 1. The molecule has 0 saturated heterocycles. The van der Waals surface area contributed by atoms with Crippen LogP contribution in [0.15, 0.2) is 53.9 Å². The summed E-state index contributed by atoms with van der Waals surface area (Å²) in [5.74, 6) is -1.52. The van der Waals surface area contributed by atoms with Crippen molar-refractivity contribution in [1.29, 1.82) is 0 Å². The maximum atomic E-state index is 12.6. The summed E-state index contributed by atoms with van der Waals surface area (Å²) in [5.41, 5.74) is 2.07. The highest BCUT2D eigenvalue weighted by molar-refractivity contribution is 7.12. The van der Waals surface area contributed by atoms with Gasteiger partial charge in [0.15, 0.2) is 5.01 Å². The molecule has 1 atom stereocenters. The zero-order valence-corrected chi connectivity index (χ0v) is 16.2. The van der Waals surface area contributed by atoms with Gasteiger partial charge in [-0.2, -0.15) is 0 Å². The van der Waals surface area contributed by atoms with Crippen molar-refractivity contribution in [3.8, 4) is 11.3 Å². The Balaban J connectivity index is 1.82. The molecule has 1 heterocycles. The summed E-state index contributed by atoms with van der Waals surface area (Å²) in [6, 6.07) is 13.4. The average Bonchev–Trinajstić information content (AvgIpc) is 3.12. The van der Waals surface area contributed by atoms with E-state index in [1.807, 2.05) is 30.3 Å². The molecule has 27 heavy (non-hydrogen) atoms. The van der Waals surface area contributed by atoms with Crippen LogP contribution in [0.25, 0.3) is 11.3 Å². The van der Waals surface area contributed by atoms with E-state index in [-0.39, 0.29) is 16.5 Å². The van der Waals surface area contributed by atoms with Gasteiger partial charge in [0.05, 0.1) is 18.2 Å². The first-order chi connectivity index (χ1) is 12.9. The predicted octanol–water partition coefficient (Wildman–Crippen LogP) is 5.06. The number of benzene rings is 2. The molecule has 0 unspecified atom stereocenters. The Hall–Kier alpha value is -2.41. The van der Waals surface area contributed by atoms with Gasteiger partial charge >= 0.3 is 5.97 Å². The molecule has 138 valence electrons. The van der Waals surface area contributed by atoms with Gasteiger partial charge in [-0.25, -0.2) is 4.98 Å². The van der Waals surface area contributed by atoms with Crippen LogP contribution in [0.2, 0.25) is 10.0 Å². The molecule has 5 nitrogen and oxygen atoms in total. The van der Waals surface area contributed by atoms with Crippen LogP contribution in [0.3, 0.4) is 0 Å². The van der Waals surface area contributed by atoms with E-state index in [1.165, 1.54) is 17.4 Å². The van der Waals surface area contributed by atoms with E-state index < -0.39 is 17.9 Å². The second kappa shape index (κ2) is 8.52. The first kappa shape index (κ1) is 19.4. The summed E-state index contributed by atoms with van der Waals surface area (Å²) in [5, 5.41) is 14.6. The maximum absolute atomic E-state index is 12.6. The zero-order chi connectivity index (χ0) is 19.4. The fourth-order valence-electron chi connectivity index (χ4n) is 2.54. The lowest BCUT2D eigenvalue weighted by atomic mass is 10.0. The number of hydrogen-bond donors (Lipinski definition) is 2. The first-order valence-electron chi connectivity index (χ1n) is 7.92. The SMILES string of the molecule is O=C(O)C[C@H](NC(=O)c1nc(-c2ccccc2)cs1)c1ccc(Cl)cc1Cl. The Morgan fingerprint density at radius 3 is 2.56 bits per heavy atom. The molecule has 0 aliphatic heterocycles. The number of carboxylic acids is 1. The van der Waals surface area contributed by atoms with Gasteiger partial charge in [-0.1, -0.05) is 59.6 Å². The molecule has 3 rings (SSSR count). The third-order valence-corrected chi connectivity index (χ3v) is 5.19. The standard InChI is InChI=1S/C19H14Cl2N2O3S/c20-12-6-7-13(14(21)8-12)15(9-17(24)25)22-18(26)19-23-16(10-27-19)11-4-2-1-3-5-11/h1-8,10,15H,9H2,(H,22,26)(H,24,25)/t15-/m0/s1. The number of carbonyl (C=O) groups excluding carboxylic acids is 1. The zero-order valence-electron chi connectivity index (χ0n) is 13.9. The number of carbonyl (C=O) groups is 2. The fourth-order valence-corrected chi connectivity index (χ4v) is 3.81. The molecule has 2 N–H and O–H groups in total. The van der Waals surface area contributed by atoms with Crippen LogP contribution in [0.1, 0.15) is 27.8 Å². The Kier molecular flexibility index (Phi) is 6.11. The minimum Gasteiger partial charge on any atom is -0.481 e. The number of hydrogen-bond acceptors (Lipinski definition) is 4. The van der Waals surface area contributed by atoms with Crippen LogP contribution in [0, 0.1) is 0 Å². The Morgan fingerprint density at radius 1 is 1.15 bits per heavy atom. The van der Waals surface area contributed by atoms with Crippen LogP contribution in [0.4, 0.5) is 0 Å². The molecular weight excluding hydrogens is 407 g/mol. The molecule has 0 saturated carbocycles. The number of carboxylic acid groups (broad SMARTS) is 1. The molecule has 0 aliphatic carbocycles. The highest BCUT2D eigenvalue weighted by Crippen LogP contribution is 2.29. The number of thiazole rings is 1. The number of aromatic nitrogens is 1. The van der Waals surface area contributed by atoms with Gasteiger partial charge in [0.1, 0.15) is 0 Å².